The fourth-order valence-corrected chi connectivity index (χ4v) is 5.77. The van der Waals surface area contributed by atoms with Crippen LogP contribution in [0.1, 0.15) is 30.3 Å². The molecule has 4 rings (SSSR count). The van der Waals surface area contributed by atoms with Gasteiger partial charge in [-0.25, -0.2) is 9.79 Å². The van der Waals surface area contributed by atoms with Crippen LogP contribution in [0, 0.1) is 12.3 Å². The van der Waals surface area contributed by atoms with Crippen LogP contribution in [0.25, 0.3) is 6.08 Å². The number of nitrogens with zero attached hydrogens (tertiary/aromatic N) is 2. The molecule has 0 spiro atoms. The van der Waals surface area contributed by atoms with Crippen molar-refractivity contribution >= 4 is 50.6 Å². The molecular weight excluding hydrogens is 524 g/mol. The summed E-state index contributed by atoms with van der Waals surface area (Å²) in [4.78, 5) is 32.4. The second kappa shape index (κ2) is 9.91. The highest BCUT2D eigenvalue weighted by atomic mass is 79.9. The Labute approximate surface area is 206 Å². The van der Waals surface area contributed by atoms with E-state index in [0.29, 0.717) is 31.9 Å². The van der Waals surface area contributed by atoms with E-state index in [-0.39, 0.29) is 18.8 Å². The van der Waals surface area contributed by atoms with Crippen molar-refractivity contribution < 1.29 is 14.3 Å². The van der Waals surface area contributed by atoms with Crippen LogP contribution in [-0.2, 0) is 9.53 Å². The van der Waals surface area contributed by atoms with Crippen molar-refractivity contribution in [1.82, 2.24) is 4.57 Å². The van der Waals surface area contributed by atoms with Crippen LogP contribution in [0.2, 0.25) is 0 Å². The van der Waals surface area contributed by atoms with Gasteiger partial charge in [-0.2, -0.15) is 0 Å². The molecule has 2 aromatic heterocycles. The number of carbonyl (C=O) groups is 1. The molecule has 3 heterocycles. The van der Waals surface area contributed by atoms with Crippen LogP contribution in [-0.4, -0.2) is 23.8 Å². The lowest BCUT2D eigenvalue weighted by molar-refractivity contribution is -0.139. The number of thiazole rings is 1. The highest BCUT2D eigenvalue weighted by Gasteiger charge is 2.33. The van der Waals surface area contributed by atoms with E-state index >= 15 is 0 Å². The summed E-state index contributed by atoms with van der Waals surface area (Å²) in [7, 11) is 0. The molecule has 0 fully saturated rings. The maximum absolute atomic E-state index is 13.6. The summed E-state index contributed by atoms with van der Waals surface area (Å²) in [6.45, 7) is 3.87. The number of thiophene rings is 1. The van der Waals surface area contributed by atoms with Crippen molar-refractivity contribution in [2.24, 2.45) is 4.99 Å². The molecule has 1 aromatic carbocycles. The number of esters is 1. The zero-order chi connectivity index (χ0) is 23.5. The van der Waals surface area contributed by atoms with E-state index in [1.807, 2.05) is 29.6 Å². The van der Waals surface area contributed by atoms with Gasteiger partial charge in [0.1, 0.15) is 18.4 Å². The second-order valence-electron chi connectivity index (χ2n) is 6.99. The Kier molecular flexibility index (Phi) is 6.98. The molecule has 1 aliphatic heterocycles. The molecule has 1 atom stereocenters. The number of ether oxygens (including phenoxy) is 2. The molecule has 33 heavy (non-hydrogen) atoms. The van der Waals surface area contributed by atoms with Crippen molar-refractivity contribution in [3.05, 3.63) is 81.6 Å². The second-order valence-corrected chi connectivity index (χ2v) is 9.90. The van der Waals surface area contributed by atoms with Gasteiger partial charge in [-0.15, -0.1) is 17.8 Å². The Hall–Kier alpha value is -2.93. The van der Waals surface area contributed by atoms with Crippen LogP contribution >= 0.6 is 38.6 Å². The third kappa shape index (κ3) is 4.60. The van der Waals surface area contributed by atoms with Crippen LogP contribution in [0.5, 0.6) is 5.75 Å². The normalized spacial score (nSPS) is 15.6. The predicted octanol–water partition coefficient (Wildman–Crippen LogP) is 3.63. The zero-order valence-electron chi connectivity index (χ0n) is 17.8. The monoisotopic (exact) mass is 542 g/mol. The molecular formula is C24H19BrN2O4S2. The summed E-state index contributed by atoms with van der Waals surface area (Å²) in [5, 5.41) is 1.92. The van der Waals surface area contributed by atoms with Gasteiger partial charge in [-0.3, -0.25) is 9.36 Å². The largest absolute Gasteiger partial charge is 0.480 e. The Morgan fingerprint density at radius 3 is 2.91 bits per heavy atom. The molecule has 6 nitrogen and oxygen atoms in total. The van der Waals surface area contributed by atoms with E-state index < -0.39 is 12.0 Å². The summed E-state index contributed by atoms with van der Waals surface area (Å²) in [5.41, 5.74) is 1.38. The predicted molar refractivity (Wildman–Crippen MR) is 133 cm³/mol. The quantitative estimate of drug-likeness (QED) is 0.352. The minimum Gasteiger partial charge on any atom is -0.480 e. The van der Waals surface area contributed by atoms with Gasteiger partial charge in [0.25, 0.3) is 5.56 Å². The third-order valence-corrected chi connectivity index (χ3v) is 7.30. The molecule has 0 saturated heterocycles. The molecule has 0 N–H and O–H groups in total. The first kappa shape index (κ1) is 23.2. The first-order valence-electron chi connectivity index (χ1n) is 10.0. The molecule has 0 amide bonds. The lowest BCUT2D eigenvalue weighted by atomic mass is 10.0. The lowest BCUT2D eigenvalue weighted by Crippen LogP contribution is -2.39. The molecule has 0 radical (unpaired) electrons. The summed E-state index contributed by atoms with van der Waals surface area (Å²) in [6.07, 6.45) is 7.09. The summed E-state index contributed by atoms with van der Waals surface area (Å²) in [6, 6.07) is 8.70. The zero-order valence-corrected chi connectivity index (χ0v) is 21.1. The van der Waals surface area contributed by atoms with Gasteiger partial charge >= 0.3 is 5.97 Å². The van der Waals surface area contributed by atoms with E-state index in [1.165, 1.54) is 22.7 Å². The Morgan fingerprint density at radius 2 is 2.21 bits per heavy atom. The number of rotatable bonds is 6. The van der Waals surface area contributed by atoms with Gasteiger partial charge in [-0.05, 0) is 49.6 Å². The smallest absolute Gasteiger partial charge is 0.338 e. The number of fused-ring (bicyclic) bond motifs is 1. The number of aromatic nitrogens is 1. The number of hydrogen-bond donors (Lipinski definition) is 0. The number of halogens is 1. The van der Waals surface area contributed by atoms with Crippen LogP contribution in [0.15, 0.2) is 61.2 Å². The topological polar surface area (TPSA) is 69.9 Å². The number of terminal acetylenes is 1. The SMILES string of the molecule is C#CCOc1ccc(Br)cc1/C=c1\sc2n(c1=O)[C@H](c1cccs1)C(C(=O)OCC)=C(C)N=2. The average Bonchev–Trinajstić information content (AvgIpc) is 3.41. The maximum atomic E-state index is 13.6. The van der Waals surface area contributed by atoms with E-state index in [9.17, 15) is 9.59 Å². The van der Waals surface area contributed by atoms with Crippen molar-refractivity contribution in [1.29, 1.82) is 0 Å². The number of carbonyl (C=O) groups excluding carboxylic acids is 1. The summed E-state index contributed by atoms with van der Waals surface area (Å²) in [5.74, 6) is 2.55. The minimum absolute atomic E-state index is 0.115. The van der Waals surface area contributed by atoms with E-state index in [4.69, 9.17) is 15.9 Å². The van der Waals surface area contributed by atoms with Crippen molar-refractivity contribution in [2.45, 2.75) is 19.9 Å². The van der Waals surface area contributed by atoms with Gasteiger partial charge in [0.05, 0.1) is 22.4 Å². The Balaban J connectivity index is 1.92. The van der Waals surface area contributed by atoms with E-state index in [1.54, 1.807) is 30.6 Å². The fraction of sp³-hybridized carbons (Fsp3) is 0.208. The maximum Gasteiger partial charge on any atom is 0.338 e. The van der Waals surface area contributed by atoms with Crippen LogP contribution in [0.4, 0.5) is 0 Å². The van der Waals surface area contributed by atoms with Gasteiger partial charge < -0.3 is 9.47 Å². The molecule has 9 heteroatoms. The summed E-state index contributed by atoms with van der Waals surface area (Å²) < 4.78 is 13.8. The standard InChI is InChI=1S/C24H19BrN2O4S2/c1-4-10-31-17-9-8-16(25)12-15(17)13-19-22(28)27-21(18-7-6-11-32-18)20(23(29)30-5-2)14(3)26-24(27)33-19/h1,6-9,11-13,21H,5,10H2,2-3H3/b19-13-/t21-/m1/s1. The molecule has 3 aromatic rings. The molecule has 0 aliphatic carbocycles. The Bertz CT molecular complexity index is 1460. The van der Waals surface area contributed by atoms with Gasteiger partial charge in [0, 0.05) is 14.9 Å². The highest BCUT2D eigenvalue weighted by molar-refractivity contribution is 9.10. The lowest BCUT2D eigenvalue weighted by Gasteiger charge is -2.23. The van der Waals surface area contributed by atoms with Crippen LogP contribution < -0.4 is 19.6 Å². The molecule has 1 aliphatic rings. The summed E-state index contributed by atoms with van der Waals surface area (Å²) >= 11 is 6.20. The molecule has 0 bridgehead atoms. The van der Waals surface area contributed by atoms with Crippen LogP contribution in [0.3, 0.4) is 0 Å². The van der Waals surface area contributed by atoms with E-state index in [0.717, 1.165) is 9.35 Å². The molecule has 0 saturated carbocycles. The van der Waals surface area contributed by atoms with Crippen molar-refractivity contribution in [3.63, 3.8) is 0 Å². The third-order valence-electron chi connectivity index (χ3n) is 4.90. The van der Waals surface area contributed by atoms with Gasteiger partial charge in [0.15, 0.2) is 4.80 Å². The van der Waals surface area contributed by atoms with Crippen molar-refractivity contribution in [3.8, 4) is 18.1 Å². The molecule has 168 valence electrons. The first-order chi connectivity index (χ1) is 15.9. The van der Waals surface area contributed by atoms with Gasteiger partial charge in [0.2, 0.25) is 0 Å². The highest BCUT2D eigenvalue weighted by Crippen LogP contribution is 2.33. The fourth-order valence-electron chi connectivity index (χ4n) is 3.53. The number of allylic oxidation sites excluding steroid dienone is 1. The molecule has 0 unspecified atom stereocenters. The average molecular weight is 543 g/mol. The Morgan fingerprint density at radius 1 is 1.39 bits per heavy atom. The number of hydrogen-bond acceptors (Lipinski definition) is 7. The minimum atomic E-state index is -0.595. The van der Waals surface area contributed by atoms with E-state index in [2.05, 4.69) is 26.8 Å². The van der Waals surface area contributed by atoms with Crippen molar-refractivity contribution in [2.75, 3.05) is 13.2 Å². The first-order valence-corrected chi connectivity index (χ1v) is 12.5. The van der Waals surface area contributed by atoms with Gasteiger partial charge in [-0.1, -0.05) is 39.3 Å². The number of benzene rings is 1.